The van der Waals surface area contributed by atoms with Crippen LogP contribution in [-0.2, 0) is 5.54 Å². The third kappa shape index (κ3) is 2.66. The van der Waals surface area contributed by atoms with Crippen LogP contribution in [0.5, 0.6) is 0 Å². The lowest BCUT2D eigenvalue weighted by molar-refractivity contribution is 0.298. The highest BCUT2D eigenvalue weighted by atomic mass is 19.1. The molecule has 0 radical (unpaired) electrons. The maximum Gasteiger partial charge on any atom is 0.146 e. The number of nitrogens with zero attached hydrogens (tertiary/aromatic N) is 1. The van der Waals surface area contributed by atoms with Gasteiger partial charge in [0.25, 0.3) is 0 Å². The van der Waals surface area contributed by atoms with Gasteiger partial charge in [-0.25, -0.2) is 4.39 Å². The summed E-state index contributed by atoms with van der Waals surface area (Å²) in [6.07, 6.45) is 0. The molecule has 1 aliphatic heterocycles. The van der Waals surface area contributed by atoms with Crippen LogP contribution < -0.4 is 10.2 Å². The van der Waals surface area contributed by atoms with Crippen LogP contribution in [0.4, 0.5) is 10.1 Å². The van der Waals surface area contributed by atoms with E-state index >= 15 is 0 Å². The maximum atomic E-state index is 14.1. The van der Waals surface area contributed by atoms with Gasteiger partial charge < -0.3 is 10.2 Å². The molecule has 2 atom stereocenters. The van der Waals surface area contributed by atoms with Gasteiger partial charge in [-0.3, -0.25) is 0 Å². The third-order valence-corrected chi connectivity index (χ3v) is 4.38. The van der Waals surface area contributed by atoms with E-state index in [1.165, 1.54) is 11.6 Å². The standard InChI is InChI=1S/C18H21FN2/c1-14-12-20-18(2,15-8-4-3-5-9-15)13-21(14)17-11-7-6-10-16(17)19/h3-11,14,20H,12-13H2,1-2H3. The zero-order valence-electron chi connectivity index (χ0n) is 12.5. The first kappa shape index (κ1) is 14.1. The van der Waals surface area contributed by atoms with Crippen molar-refractivity contribution in [2.75, 3.05) is 18.0 Å². The zero-order valence-corrected chi connectivity index (χ0v) is 12.5. The molecule has 1 N–H and O–H groups in total. The van der Waals surface area contributed by atoms with Crippen molar-refractivity contribution in [1.82, 2.24) is 5.32 Å². The third-order valence-electron chi connectivity index (χ3n) is 4.38. The van der Waals surface area contributed by atoms with E-state index < -0.39 is 0 Å². The van der Waals surface area contributed by atoms with Crippen LogP contribution in [0.1, 0.15) is 19.4 Å². The summed E-state index contributed by atoms with van der Waals surface area (Å²) in [5.74, 6) is -0.151. The molecule has 0 bridgehead atoms. The van der Waals surface area contributed by atoms with Gasteiger partial charge in [0, 0.05) is 19.1 Å². The molecule has 21 heavy (non-hydrogen) atoms. The van der Waals surface area contributed by atoms with Gasteiger partial charge in [0.15, 0.2) is 0 Å². The van der Waals surface area contributed by atoms with E-state index in [2.05, 4.69) is 36.2 Å². The minimum atomic E-state index is -0.171. The Bertz CT molecular complexity index is 614. The normalized spacial score (nSPS) is 25.9. The SMILES string of the molecule is CC1CNC(C)(c2ccccc2)CN1c1ccccc1F. The second-order valence-electron chi connectivity index (χ2n) is 6.01. The van der Waals surface area contributed by atoms with E-state index in [0.29, 0.717) is 5.69 Å². The quantitative estimate of drug-likeness (QED) is 0.907. The average Bonchev–Trinajstić information content (AvgIpc) is 2.52. The van der Waals surface area contributed by atoms with Gasteiger partial charge in [-0.1, -0.05) is 42.5 Å². The van der Waals surface area contributed by atoms with Gasteiger partial charge in [0.1, 0.15) is 5.82 Å². The van der Waals surface area contributed by atoms with E-state index in [4.69, 9.17) is 0 Å². The summed E-state index contributed by atoms with van der Waals surface area (Å²) in [6.45, 7) is 5.89. The molecular formula is C18H21FN2. The first-order valence-corrected chi connectivity index (χ1v) is 7.42. The number of hydrogen-bond acceptors (Lipinski definition) is 2. The van der Waals surface area contributed by atoms with E-state index in [1.807, 2.05) is 30.3 Å². The fraction of sp³-hybridized carbons (Fsp3) is 0.333. The van der Waals surface area contributed by atoms with Gasteiger partial charge >= 0.3 is 0 Å². The molecule has 110 valence electrons. The molecule has 1 saturated heterocycles. The molecular weight excluding hydrogens is 263 g/mol. The summed E-state index contributed by atoms with van der Waals surface area (Å²) in [4.78, 5) is 2.17. The maximum absolute atomic E-state index is 14.1. The van der Waals surface area contributed by atoms with E-state index in [9.17, 15) is 4.39 Å². The van der Waals surface area contributed by atoms with Crippen LogP contribution >= 0.6 is 0 Å². The molecule has 0 aliphatic carbocycles. The van der Waals surface area contributed by atoms with Crippen LogP contribution in [0.2, 0.25) is 0 Å². The Labute approximate surface area is 125 Å². The van der Waals surface area contributed by atoms with Crippen LogP contribution in [-0.4, -0.2) is 19.1 Å². The van der Waals surface area contributed by atoms with Crippen molar-refractivity contribution < 1.29 is 4.39 Å². The lowest BCUT2D eigenvalue weighted by atomic mass is 9.88. The van der Waals surface area contributed by atoms with Crippen molar-refractivity contribution in [2.24, 2.45) is 0 Å². The summed E-state index contributed by atoms with van der Waals surface area (Å²) in [5.41, 5.74) is 1.75. The van der Waals surface area contributed by atoms with E-state index in [-0.39, 0.29) is 17.4 Å². The van der Waals surface area contributed by atoms with Crippen molar-refractivity contribution >= 4 is 5.69 Å². The van der Waals surface area contributed by atoms with E-state index in [0.717, 1.165) is 13.1 Å². The Balaban J connectivity index is 1.94. The lowest BCUT2D eigenvalue weighted by Gasteiger charge is -2.46. The number of hydrogen-bond donors (Lipinski definition) is 1. The molecule has 1 aliphatic rings. The summed E-state index contributed by atoms with van der Waals surface area (Å²) in [6, 6.07) is 17.7. The van der Waals surface area contributed by atoms with Crippen molar-refractivity contribution in [3.63, 3.8) is 0 Å². The molecule has 0 saturated carbocycles. The van der Waals surface area contributed by atoms with Gasteiger partial charge in [-0.15, -0.1) is 0 Å². The molecule has 1 heterocycles. The van der Waals surface area contributed by atoms with Crippen LogP contribution in [0.3, 0.4) is 0 Å². The van der Waals surface area contributed by atoms with Crippen molar-refractivity contribution in [2.45, 2.75) is 25.4 Å². The first-order valence-electron chi connectivity index (χ1n) is 7.42. The highest BCUT2D eigenvalue weighted by Crippen LogP contribution is 2.31. The predicted molar refractivity (Wildman–Crippen MR) is 85.0 cm³/mol. The Kier molecular flexibility index (Phi) is 3.68. The predicted octanol–water partition coefficient (Wildman–Crippen LogP) is 3.54. The topological polar surface area (TPSA) is 15.3 Å². The monoisotopic (exact) mass is 284 g/mol. The molecule has 1 fully saturated rings. The molecule has 2 aromatic rings. The molecule has 2 unspecified atom stereocenters. The van der Waals surface area contributed by atoms with Crippen molar-refractivity contribution in [3.8, 4) is 0 Å². The molecule has 2 nitrogen and oxygen atoms in total. The van der Waals surface area contributed by atoms with Crippen molar-refractivity contribution in [1.29, 1.82) is 0 Å². The minimum Gasteiger partial charge on any atom is -0.363 e. The smallest absolute Gasteiger partial charge is 0.146 e. The second-order valence-corrected chi connectivity index (χ2v) is 6.01. The minimum absolute atomic E-state index is 0.151. The highest BCUT2D eigenvalue weighted by molar-refractivity contribution is 5.50. The molecule has 2 aromatic carbocycles. The molecule has 3 heteroatoms. The highest BCUT2D eigenvalue weighted by Gasteiger charge is 2.36. The second kappa shape index (κ2) is 5.49. The van der Waals surface area contributed by atoms with E-state index in [1.54, 1.807) is 6.07 Å². The number of nitrogens with one attached hydrogen (secondary N) is 1. The van der Waals surface area contributed by atoms with Gasteiger partial charge in [0.05, 0.1) is 11.2 Å². The number of rotatable bonds is 2. The largest absolute Gasteiger partial charge is 0.363 e. The molecule has 3 rings (SSSR count). The fourth-order valence-corrected chi connectivity index (χ4v) is 3.04. The summed E-state index contributed by atoms with van der Waals surface area (Å²) >= 11 is 0. The van der Waals surface area contributed by atoms with Gasteiger partial charge in [-0.2, -0.15) is 0 Å². The van der Waals surface area contributed by atoms with Crippen LogP contribution in [0, 0.1) is 5.82 Å². The van der Waals surface area contributed by atoms with Crippen molar-refractivity contribution in [3.05, 3.63) is 66.0 Å². The van der Waals surface area contributed by atoms with Gasteiger partial charge in [0.2, 0.25) is 0 Å². The molecule has 0 spiro atoms. The number of anilines is 1. The zero-order chi connectivity index (χ0) is 14.9. The molecule has 0 amide bonds. The molecule has 0 aromatic heterocycles. The van der Waals surface area contributed by atoms with Crippen LogP contribution in [0.15, 0.2) is 54.6 Å². The number of para-hydroxylation sites is 1. The number of piperazine rings is 1. The number of benzene rings is 2. The van der Waals surface area contributed by atoms with Crippen LogP contribution in [0.25, 0.3) is 0 Å². The first-order chi connectivity index (χ1) is 10.1. The summed E-state index contributed by atoms with van der Waals surface area (Å²) in [7, 11) is 0. The lowest BCUT2D eigenvalue weighted by Crippen LogP contribution is -2.60. The fourth-order valence-electron chi connectivity index (χ4n) is 3.04. The Morgan fingerprint density at radius 1 is 1.10 bits per heavy atom. The number of halogens is 1. The average molecular weight is 284 g/mol. The Hall–Kier alpha value is -1.87. The summed E-state index contributed by atoms with van der Waals surface area (Å²) in [5, 5.41) is 3.62. The Morgan fingerprint density at radius 3 is 2.48 bits per heavy atom. The van der Waals surface area contributed by atoms with Gasteiger partial charge in [-0.05, 0) is 31.5 Å². The Morgan fingerprint density at radius 2 is 1.76 bits per heavy atom. The summed E-state index contributed by atoms with van der Waals surface area (Å²) < 4.78 is 14.1.